The zero-order valence-electron chi connectivity index (χ0n) is 12.8. The van der Waals surface area contributed by atoms with E-state index in [9.17, 15) is 20.4 Å². The lowest BCUT2D eigenvalue weighted by Gasteiger charge is -2.11. The summed E-state index contributed by atoms with van der Waals surface area (Å²) in [5.41, 5.74) is 2.95. The molecule has 4 nitrogen and oxygen atoms in total. The van der Waals surface area contributed by atoms with Gasteiger partial charge >= 0.3 is 0 Å². The van der Waals surface area contributed by atoms with Crippen molar-refractivity contribution in [2.45, 2.75) is 38.9 Å². The van der Waals surface area contributed by atoms with Crippen LogP contribution in [0.15, 0.2) is 36.4 Å². The molecular weight excluding hydrogens is 280 g/mol. The molecule has 2 aromatic carbocycles. The molecule has 0 aliphatic heterocycles. The highest BCUT2D eigenvalue weighted by Crippen LogP contribution is 2.27. The second kappa shape index (κ2) is 6.81. The number of benzene rings is 2. The molecule has 22 heavy (non-hydrogen) atoms. The molecule has 2 unspecified atom stereocenters. The summed E-state index contributed by atoms with van der Waals surface area (Å²) in [6.45, 7) is 3.22. The van der Waals surface area contributed by atoms with E-state index in [1.165, 1.54) is 0 Å². The van der Waals surface area contributed by atoms with E-state index in [0.717, 1.165) is 11.1 Å². The van der Waals surface area contributed by atoms with E-state index in [1.807, 2.05) is 12.1 Å². The molecule has 0 bridgehead atoms. The third kappa shape index (κ3) is 3.78. The molecule has 0 aliphatic rings. The molecule has 0 saturated carbocycles. The van der Waals surface area contributed by atoms with Crippen molar-refractivity contribution in [2.75, 3.05) is 0 Å². The minimum Gasteiger partial charge on any atom is -0.508 e. The van der Waals surface area contributed by atoms with Gasteiger partial charge in [-0.15, -0.1) is 0 Å². The van der Waals surface area contributed by atoms with Crippen molar-refractivity contribution in [1.29, 1.82) is 0 Å². The van der Waals surface area contributed by atoms with Crippen LogP contribution in [0.1, 0.15) is 48.3 Å². The van der Waals surface area contributed by atoms with Gasteiger partial charge in [0, 0.05) is 11.1 Å². The molecule has 2 aromatic rings. The van der Waals surface area contributed by atoms with Crippen molar-refractivity contribution in [1.82, 2.24) is 0 Å². The number of hydrogen-bond acceptors (Lipinski definition) is 4. The van der Waals surface area contributed by atoms with Crippen LogP contribution < -0.4 is 0 Å². The van der Waals surface area contributed by atoms with Crippen LogP contribution in [0.5, 0.6) is 11.5 Å². The number of phenols is 2. The quantitative estimate of drug-likeness (QED) is 0.684. The fourth-order valence-corrected chi connectivity index (χ4v) is 2.48. The Morgan fingerprint density at radius 3 is 1.36 bits per heavy atom. The van der Waals surface area contributed by atoms with Gasteiger partial charge in [-0.2, -0.15) is 0 Å². The Morgan fingerprint density at radius 1 is 0.727 bits per heavy atom. The first-order valence-electron chi connectivity index (χ1n) is 7.38. The summed E-state index contributed by atoms with van der Waals surface area (Å²) >= 11 is 0. The fourth-order valence-electron chi connectivity index (χ4n) is 2.48. The second-order valence-electron chi connectivity index (χ2n) is 5.64. The Labute approximate surface area is 130 Å². The zero-order valence-corrected chi connectivity index (χ0v) is 12.8. The molecule has 0 aromatic heterocycles. The lowest BCUT2D eigenvalue weighted by molar-refractivity contribution is 0.194. The van der Waals surface area contributed by atoms with Gasteiger partial charge in [0.25, 0.3) is 0 Å². The van der Waals surface area contributed by atoms with E-state index >= 15 is 0 Å². The molecule has 4 heteroatoms. The molecule has 0 radical (unpaired) electrons. The molecule has 0 saturated heterocycles. The van der Waals surface area contributed by atoms with Crippen molar-refractivity contribution in [3.63, 3.8) is 0 Å². The number of rotatable bonds is 5. The Morgan fingerprint density at radius 2 is 1.09 bits per heavy atom. The molecular formula is C18H22O4. The maximum atomic E-state index is 9.87. The summed E-state index contributed by atoms with van der Waals surface area (Å²) in [6, 6.07) is 10.5. The van der Waals surface area contributed by atoms with E-state index in [1.54, 1.807) is 38.1 Å². The Kier molecular flexibility index (Phi) is 5.06. The highest BCUT2D eigenvalue weighted by Gasteiger charge is 2.10. The smallest absolute Gasteiger partial charge is 0.121 e. The predicted molar refractivity (Wildman–Crippen MR) is 84.9 cm³/mol. The monoisotopic (exact) mass is 302 g/mol. The van der Waals surface area contributed by atoms with Crippen LogP contribution in [0.3, 0.4) is 0 Å². The maximum absolute atomic E-state index is 9.87. The molecule has 0 spiro atoms. The summed E-state index contributed by atoms with van der Waals surface area (Å²) in [6.07, 6.45) is 0.0282. The minimum absolute atomic E-state index is 0.0970. The van der Waals surface area contributed by atoms with Crippen molar-refractivity contribution >= 4 is 0 Å². The van der Waals surface area contributed by atoms with Crippen LogP contribution in [0.4, 0.5) is 0 Å². The summed E-state index contributed by atoms with van der Waals surface area (Å²) < 4.78 is 0. The number of aromatic hydroxyl groups is 2. The van der Waals surface area contributed by atoms with Crippen molar-refractivity contribution in [3.05, 3.63) is 58.7 Å². The van der Waals surface area contributed by atoms with Crippen molar-refractivity contribution < 1.29 is 20.4 Å². The van der Waals surface area contributed by atoms with Gasteiger partial charge in [-0.1, -0.05) is 24.3 Å². The van der Waals surface area contributed by atoms with E-state index in [0.29, 0.717) is 24.0 Å². The topological polar surface area (TPSA) is 80.9 Å². The molecule has 0 fully saturated rings. The van der Waals surface area contributed by atoms with Gasteiger partial charge in [-0.3, -0.25) is 0 Å². The Bertz CT molecular complexity index is 590. The molecule has 0 aliphatic carbocycles. The first-order valence-corrected chi connectivity index (χ1v) is 7.38. The zero-order chi connectivity index (χ0) is 16.3. The van der Waals surface area contributed by atoms with Crippen LogP contribution in [-0.2, 0) is 12.8 Å². The number of hydrogen-bond donors (Lipinski definition) is 4. The number of aliphatic hydroxyl groups excluding tert-OH is 2. The van der Waals surface area contributed by atoms with Gasteiger partial charge in [-0.25, -0.2) is 0 Å². The molecule has 2 rings (SSSR count). The third-order valence-electron chi connectivity index (χ3n) is 3.79. The highest BCUT2D eigenvalue weighted by molar-refractivity contribution is 5.40. The maximum Gasteiger partial charge on any atom is 0.121 e. The fraction of sp³-hybridized carbons (Fsp3) is 0.333. The molecule has 118 valence electrons. The Balaban J connectivity index is 2.07. The standard InChI is InChI=1S/C18H22O4/c1-11(19)15-7-5-13(9-17(15)21)3-4-14-6-8-16(12(2)20)18(22)10-14/h5-12,19-22H,3-4H2,1-2H3. The largest absolute Gasteiger partial charge is 0.508 e. The van der Waals surface area contributed by atoms with Gasteiger partial charge in [0.2, 0.25) is 0 Å². The van der Waals surface area contributed by atoms with Gasteiger partial charge in [0.1, 0.15) is 11.5 Å². The average molecular weight is 302 g/mol. The van der Waals surface area contributed by atoms with Gasteiger partial charge in [-0.05, 0) is 49.9 Å². The van der Waals surface area contributed by atoms with Gasteiger partial charge in [0.15, 0.2) is 0 Å². The van der Waals surface area contributed by atoms with Crippen LogP contribution in [0, 0.1) is 0 Å². The summed E-state index contributed by atoms with van der Waals surface area (Å²) in [5, 5.41) is 38.7. The molecule has 4 N–H and O–H groups in total. The van der Waals surface area contributed by atoms with Crippen LogP contribution >= 0.6 is 0 Å². The first kappa shape index (κ1) is 16.3. The highest BCUT2D eigenvalue weighted by atomic mass is 16.3. The van der Waals surface area contributed by atoms with Crippen molar-refractivity contribution in [2.24, 2.45) is 0 Å². The van der Waals surface area contributed by atoms with E-state index in [2.05, 4.69) is 0 Å². The molecule has 0 amide bonds. The van der Waals surface area contributed by atoms with Gasteiger partial charge < -0.3 is 20.4 Å². The summed E-state index contributed by atoms with van der Waals surface area (Å²) in [5.74, 6) is 0.194. The first-order chi connectivity index (χ1) is 10.4. The molecule has 2 atom stereocenters. The number of aryl methyl sites for hydroxylation is 2. The van der Waals surface area contributed by atoms with E-state index in [4.69, 9.17) is 0 Å². The van der Waals surface area contributed by atoms with Gasteiger partial charge in [0.05, 0.1) is 12.2 Å². The lowest BCUT2D eigenvalue weighted by atomic mass is 9.99. The third-order valence-corrected chi connectivity index (χ3v) is 3.79. The Hall–Kier alpha value is -2.04. The number of aliphatic hydroxyl groups is 2. The average Bonchev–Trinajstić information content (AvgIpc) is 2.44. The predicted octanol–water partition coefficient (Wildman–Crippen LogP) is 2.99. The summed E-state index contributed by atoms with van der Waals surface area (Å²) in [4.78, 5) is 0. The van der Waals surface area contributed by atoms with Crippen molar-refractivity contribution in [3.8, 4) is 11.5 Å². The van der Waals surface area contributed by atoms with Crippen LogP contribution in [-0.4, -0.2) is 20.4 Å². The number of phenolic OH excluding ortho intramolecular Hbond substituents is 2. The second-order valence-corrected chi connectivity index (χ2v) is 5.64. The lowest BCUT2D eigenvalue weighted by Crippen LogP contribution is -1.97. The van der Waals surface area contributed by atoms with E-state index in [-0.39, 0.29) is 11.5 Å². The SMILES string of the molecule is CC(O)c1ccc(CCc2ccc(C(C)O)c(O)c2)cc1O. The van der Waals surface area contributed by atoms with E-state index < -0.39 is 12.2 Å². The van der Waals surface area contributed by atoms with Crippen LogP contribution in [0.25, 0.3) is 0 Å². The normalized spacial score (nSPS) is 13.8. The molecule has 0 heterocycles. The summed E-state index contributed by atoms with van der Waals surface area (Å²) in [7, 11) is 0. The minimum atomic E-state index is -0.695. The van der Waals surface area contributed by atoms with Crippen LogP contribution in [0.2, 0.25) is 0 Å².